The summed E-state index contributed by atoms with van der Waals surface area (Å²) >= 11 is 3.34. The Balaban J connectivity index is 1.55. The zero-order valence-corrected chi connectivity index (χ0v) is 16.8. The molecule has 1 heterocycles. The van der Waals surface area contributed by atoms with Crippen LogP contribution in [0.3, 0.4) is 0 Å². The molecule has 0 spiro atoms. The molecule has 1 aliphatic carbocycles. The second-order valence-electron chi connectivity index (χ2n) is 6.84. The van der Waals surface area contributed by atoms with Crippen molar-refractivity contribution < 1.29 is 14.1 Å². The Hall–Kier alpha value is -2.22. The highest BCUT2D eigenvalue weighted by Gasteiger charge is 2.39. The monoisotopic (exact) mass is 434 g/mol. The highest BCUT2D eigenvalue weighted by atomic mass is 79.9. The van der Waals surface area contributed by atoms with E-state index in [0.29, 0.717) is 17.3 Å². The smallest absolute Gasteiger partial charge is 0.251 e. The first kappa shape index (κ1) is 19.5. The van der Waals surface area contributed by atoms with Gasteiger partial charge in [-0.05, 0) is 37.1 Å². The Morgan fingerprint density at radius 2 is 1.89 bits per heavy atom. The number of hydrogen-bond acceptors (Lipinski definition) is 5. The van der Waals surface area contributed by atoms with Crippen molar-refractivity contribution in [3.8, 4) is 0 Å². The van der Waals surface area contributed by atoms with Gasteiger partial charge in [0.25, 0.3) is 5.91 Å². The van der Waals surface area contributed by atoms with Crippen LogP contribution < -0.4 is 10.6 Å². The molecule has 0 unspecified atom stereocenters. The summed E-state index contributed by atoms with van der Waals surface area (Å²) in [5, 5.41) is 9.93. The second kappa shape index (κ2) is 8.65. The van der Waals surface area contributed by atoms with E-state index in [0.717, 1.165) is 36.6 Å². The van der Waals surface area contributed by atoms with Gasteiger partial charge in [0, 0.05) is 29.9 Å². The number of aryl methyl sites for hydroxylation is 1. The SMILES string of the molecule is Cc1nc(C2(NC(=O)CCNC(=O)c3ccc(Br)cc3)CCCCC2)no1. The number of aromatic nitrogens is 2. The third-order valence-electron chi connectivity index (χ3n) is 4.79. The van der Waals surface area contributed by atoms with Crippen LogP contribution in [0.15, 0.2) is 33.3 Å². The van der Waals surface area contributed by atoms with E-state index < -0.39 is 5.54 Å². The molecule has 2 N–H and O–H groups in total. The lowest BCUT2D eigenvalue weighted by molar-refractivity contribution is -0.123. The summed E-state index contributed by atoms with van der Waals surface area (Å²) in [6.45, 7) is 2.01. The first-order valence-corrected chi connectivity index (χ1v) is 9.93. The van der Waals surface area contributed by atoms with E-state index in [-0.39, 0.29) is 24.8 Å². The summed E-state index contributed by atoms with van der Waals surface area (Å²) in [6, 6.07) is 7.08. The molecular weight excluding hydrogens is 412 g/mol. The van der Waals surface area contributed by atoms with Crippen molar-refractivity contribution in [2.24, 2.45) is 0 Å². The Bertz CT molecular complexity index is 798. The van der Waals surface area contributed by atoms with Crippen LogP contribution in [0.1, 0.15) is 60.6 Å². The van der Waals surface area contributed by atoms with E-state index >= 15 is 0 Å². The van der Waals surface area contributed by atoms with Crippen LogP contribution in [0.2, 0.25) is 0 Å². The summed E-state index contributed by atoms with van der Waals surface area (Å²) in [5.74, 6) is 0.713. The predicted octanol–water partition coefficient (Wildman–Crippen LogP) is 3.24. The quantitative estimate of drug-likeness (QED) is 0.726. The van der Waals surface area contributed by atoms with Crippen molar-refractivity contribution in [3.63, 3.8) is 0 Å². The zero-order chi connectivity index (χ0) is 19.3. The van der Waals surface area contributed by atoms with Crippen LogP contribution >= 0.6 is 15.9 Å². The minimum atomic E-state index is -0.567. The molecule has 2 aromatic rings. The Morgan fingerprint density at radius 1 is 1.19 bits per heavy atom. The van der Waals surface area contributed by atoms with E-state index in [4.69, 9.17) is 4.52 Å². The first-order chi connectivity index (χ1) is 13.0. The van der Waals surface area contributed by atoms with Gasteiger partial charge in [-0.25, -0.2) is 0 Å². The average Bonchev–Trinajstić information content (AvgIpc) is 3.10. The standard InChI is InChI=1S/C19H23BrN4O3/c1-13-22-18(24-27-13)19(10-3-2-4-11-19)23-16(25)9-12-21-17(26)14-5-7-15(20)8-6-14/h5-8H,2-4,9-12H2,1H3,(H,21,26)(H,23,25). The number of nitrogens with one attached hydrogen (secondary N) is 2. The first-order valence-electron chi connectivity index (χ1n) is 9.14. The molecule has 27 heavy (non-hydrogen) atoms. The molecule has 0 saturated heterocycles. The molecule has 1 aromatic carbocycles. The normalized spacial score (nSPS) is 15.9. The van der Waals surface area contributed by atoms with Crippen molar-refractivity contribution in [2.75, 3.05) is 6.54 Å². The molecular formula is C19H23BrN4O3. The lowest BCUT2D eigenvalue weighted by Gasteiger charge is -2.35. The molecule has 0 radical (unpaired) electrons. The molecule has 1 saturated carbocycles. The van der Waals surface area contributed by atoms with Gasteiger partial charge in [0.15, 0.2) is 5.82 Å². The Kier molecular flexibility index (Phi) is 6.26. The lowest BCUT2D eigenvalue weighted by atomic mass is 9.81. The maximum atomic E-state index is 12.5. The maximum absolute atomic E-state index is 12.5. The lowest BCUT2D eigenvalue weighted by Crippen LogP contribution is -2.48. The number of carbonyl (C=O) groups is 2. The van der Waals surface area contributed by atoms with E-state index in [1.807, 2.05) is 0 Å². The fraction of sp³-hybridized carbons (Fsp3) is 0.474. The van der Waals surface area contributed by atoms with Crippen LogP contribution in [0.5, 0.6) is 0 Å². The molecule has 1 aliphatic rings. The van der Waals surface area contributed by atoms with Crippen molar-refractivity contribution >= 4 is 27.7 Å². The number of nitrogens with zero attached hydrogens (tertiary/aromatic N) is 2. The van der Waals surface area contributed by atoms with Crippen LogP contribution in [0.25, 0.3) is 0 Å². The van der Waals surface area contributed by atoms with Gasteiger partial charge in [-0.2, -0.15) is 4.98 Å². The van der Waals surface area contributed by atoms with Gasteiger partial charge in [-0.1, -0.05) is 40.3 Å². The number of carbonyl (C=O) groups excluding carboxylic acids is 2. The molecule has 2 amide bonds. The molecule has 7 nitrogen and oxygen atoms in total. The van der Waals surface area contributed by atoms with Crippen molar-refractivity contribution in [1.29, 1.82) is 0 Å². The summed E-state index contributed by atoms with van der Waals surface area (Å²) in [5.41, 5.74) is -0.00681. The van der Waals surface area contributed by atoms with Crippen LogP contribution in [-0.2, 0) is 10.3 Å². The van der Waals surface area contributed by atoms with Gasteiger partial charge < -0.3 is 15.2 Å². The summed E-state index contributed by atoms with van der Waals surface area (Å²) in [4.78, 5) is 29.0. The van der Waals surface area contributed by atoms with Crippen molar-refractivity contribution in [1.82, 2.24) is 20.8 Å². The fourth-order valence-corrected chi connectivity index (χ4v) is 3.64. The van der Waals surface area contributed by atoms with Gasteiger partial charge in [0.2, 0.25) is 11.8 Å². The zero-order valence-electron chi connectivity index (χ0n) is 15.3. The van der Waals surface area contributed by atoms with Crippen molar-refractivity contribution in [2.45, 2.75) is 51.0 Å². The Morgan fingerprint density at radius 3 is 2.52 bits per heavy atom. The highest BCUT2D eigenvalue weighted by Crippen LogP contribution is 2.35. The Labute approximate surface area is 166 Å². The second-order valence-corrected chi connectivity index (χ2v) is 7.76. The van der Waals surface area contributed by atoms with Gasteiger partial charge in [0.1, 0.15) is 5.54 Å². The molecule has 1 aromatic heterocycles. The topological polar surface area (TPSA) is 97.1 Å². The maximum Gasteiger partial charge on any atom is 0.251 e. The summed E-state index contributed by atoms with van der Waals surface area (Å²) in [7, 11) is 0. The number of rotatable bonds is 6. The molecule has 0 atom stereocenters. The summed E-state index contributed by atoms with van der Waals surface area (Å²) in [6.07, 6.45) is 4.94. The van der Waals surface area contributed by atoms with E-state index in [2.05, 4.69) is 36.7 Å². The molecule has 144 valence electrons. The molecule has 0 aliphatic heterocycles. The number of hydrogen-bond donors (Lipinski definition) is 2. The molecule has 1 fully saturated rings. The summed E-state index contributed by atoms with van der Waals surface area (Å²) < 4.78 is 6.03. The minimum Gasteiger partial charge on any atom is -0.352 e. The highest BCUT2D eigenvalue weighted by molar-refractivity contribution is 9.10. The van der Waals surface area contributed by atoms with Gasteiger partial charge >= 0.3 is 0 Å². The number of benzene rings is 1. The van der Waals surface area contributed by atoms with Crippen LogP contribution in [0, 0.1) is 6.92 Å². The van der Waals surface area contributed by atoms with E-state index in [1.165, 1.54) is 0 Å². The van der Waals surface area contributed by atoms with Gasteiger partial charge in [-0.15, -0.1) is 0 Å². The largest absolute Gasteiger partial charge is 0.352 e. The number of halogens is 1. The van der Waals surface area contributed by atoms with E-state index in [9.17, 15) is 9.59 Å². The van der Waals surface area contributed by atoms with Crippen molar-refractivity contribution in [3.05, 3.63) is 46.0 Å². The average molecular weight is 435 g/mol. The minimum absolute atomic E-state index is 0.129. The fourth-order valence-electron chi connectivity index (χ4n) is 3.38. The molecule has 0 bridgehead atoms. The third-order valence-corrected chi connectivity index (χ3v) is 5.31. The van der Waals surface area contributed by atoms with Crippen LogP contribution in [0.4, 0.5) is 0 Å². The number of amides is 2. The third kappa shape index (κ3) is 4.94. The van der Waals surface area contributed by atoms with Crippen LogP contribution in [-0.4, -0.2) is 28.5 Å². The molecule has 8 heteroatoms. The predicted molar refractivity (Wildman–Crippen MR) is 103 cm³/mol. The van der Waals surface area contributed by atoms with Gasteiger partial charge in [-0.3, -0.25) is 9.59 Å². The molecule has 3 rings (SSSR count). The van der Waals surface area contributed by atoms with Gasteiger partial charge in [0.05, 0.1) is 0 Å². The van der Waals surface area contributed by atoms with E-state index in [1.54, 1.807) is 31.2 Å².